The molecule has 0 aliphatic heterocycles. The molecule has 1 aromatic carbocycles. The van der Waals surface area contributed by atoms with Crippen LogP contribution in [0.4, 0.5) is 0 Å². The lowest BCUT2D eigenvalue weighted by molar-refractivity contribution is -0.137. The van der Waals surface area contributed by atoms with Gasteiger partial charge >= 0.3 is 5.97 Å². The summed E-state index contributed by atoms with van der Waals surface area (Å²) < 4.78 is 5.61. The van der Waals surface area contributed by atoms with Gasteiger partial charge in [0, 0.05) is 11.4 Å². The molecule has 3 nitrogen and oxygen atoms in total. The predicted octanol–water partition coefficient (Wildman–Crippen LogP) is 4.02. The van der Waals surface area contributed by atoms with Crippen LogP contribution in [0.15, 0.2) is 12.1 Å². The number of hydrogen-bond donors (Lipinski definition) is 1. The van der Waals surface area contributed by atoms with Crippen molar-refractivity contribution in [3.05, 3.63) is 28.3 Å². The minimum Gasteiger partial charge on any atom is -0.493 e. The number of halogens is 1. The molecule has 0 aromatic heterocycles. The molecule has 0 heterocycles. The highest BCUT2D eigenvalue weighted by atomic mass is 35.5. The van der Waals surface area contributed by atoms with Crippen LogP contribution in [0.2, 0.25) is 5.02 Å². The van der Waals surface area contributed by atoms with Crippen molar-refractivity contribution in [3.63, 3.8) is 0 Å². The molecule has 0 saturated carbocycles. The molecule has 0 bridgehead atoms. The molecule has 100 valence electrons. The van der Waals surface area contributed by atoms with Crippen LogP contribution in [-0.2, 0) is 4.79 Å². The fraction of sp³-hybridized carbons (Fsp3) is 0.500. The number of aryl methyl sites for hydroxylation is 1. The third-order valence-electron chi connectivity index (χ3n) is 2.71. The number of rotatable bonds is 6. The van der Waals surface area contributed by atoms with Crippen molar-refractivity contribution in [1.29, 1.82) is 0 Å². The Hall–Kier alpha value is -1.22. The van der Waals surface area contributed by atoms with E-state index >= 15 is 0 Å². The van der Waals surface area contributed by atoms with Gasteiger partial charge in [-0.1, -0.05) is 25.4 Å². The van der Waals surface area contributed by atoms with Gasteiger partial charge in [-0.25, -0.2) is 0 Å². The van der Waals surface area contributed by atoms with Gasteiger partial charge in [0.2, 0.25) is 0 Å². The molecule has 1 aromatic rings. The highest BCUT2D eigenvalue weighted by Gasteiger charge is 2.10. The Balaban J connectivity index is 2.70. The van der Waals surface area contributed by atoms with E-state index in [4.69, 9.17) is 21.4 Å². The predicted molar refractivity (Wildman–Crippen MR) is 72.6 cm³/mol. The fourth-order valence-corrected chi connectivity index (χ4v) is 2.11. The molecular weight excluding hydrogens is 252 g/mol. The Morgan fingerprint density at radius 1 is 1.44 bits per heavy atom. The van der Waals surface area contributed by atoms with E-state index in [1.165, 1.54) is 0 Å². The lowest BCUT2D eigenvalue weighted by Gasteiger charge is -2.14. The quantitative estimate of drug-likeness (QED) is 0.794. The maximum atomic E-state index is 10.4. The van der Waals surface area contributed by atoms with Crippen LogP contribution in [0, 0.1) is 6.92 Å². The third kappa shape index (κ3) is 4.22. The summed E-state index contributed by atoms with van der Waals surface area (Å²) in [5, 5.41) is 9.30. The molecule has 4 heteroatoms. The summed E-state index contributed by atoms with van der Waals surface area (Å²) in [5.41, 5.74) is 2.02. The zero-order valence-electron chi connectivity index (χ0n) is 11.0. The summed E-state index contributed by atoms with van der Waals surface area (Å²) in [6.07, 6.45) is 0.637. The average molecular weight is 271 g/mol. The van der Waals surface area contributed by atoms with E-state index in [0.717, 1.165) is 21.9 Å². The molecule has 0 aliphatic rings. The molecule has 0 spiro atoms. The highest BCUT2D eigenvalue weighted by Crippen LogP contribution is 2.31. The van der Waals surface area contributed by atoms with Crippen molar-refractivity contribution in [3.8, 4) is 5.75 Å². The minimum absolute atomic E-state index is 0.129. The van der Waals surface area contributed by atoms with Gasteiger partial charge in [0.05, 0.1) is 6.61 Å². The number of ether oxygens (including phenoxy) is 1. The summed E-state index contributed by atoms with van der Waals surface area (Å²) >= 11 is 6.17. The first kappa shape index (κ1) is 14.8. The van der Waals surface area contributed by atoms with Crippen LogP contribution >= 0.6 is 11.6 Å². The van der Waals surface area contributed by atoms with Gasteiger partial charge in [-0.15, -0.1) is 0 Å². The number of carboxylic acid groups (broad SMARTS) is 1. The number of carboxylic acids is 1. The van der Waals surface area contributed by atoms with Gasteiger partial charge in [-0.05, 0) is 42.5 Å². The largest absolute Gasteiger partial charge is 0.493 e. The van der Waals surface area contributed by atoms with Crippen LogP contribution in [-0.4, -0.2) is 17.7 Å². The highest BCUT2D eigenvalue weighted by molar-refractivity contribution is 6.31. The van der Waals surface area contributed by atoms with E-state index < -0.39 is 5.97 Å². The first-order valence-electron chi connectivity index (χ1n) is 6.06. The summed E-state index contributed by atoms with van der Waals surface area (Å²) in [7, 11) is 0. The van der Waals surface area contributed by atoms with Gasteiger partial charge in [0.1, 0.15) is 5.75 Å². The van der Waals surface area contributed by atoms with Gasteiger partial charge in [0.15, 0.2) is 0 Å². The SMILES string of the molecule is Cc1cc(Cl)c(C(C)C)cc1OCCCC(=O)O. The first-order valence-corrected chi connectivity index (χ1v) is 6.44. The van der Waals surface area contributed by atoms with Crippen LogP contribution in [0.5, 0.6) is 5.75 Å². The van der Waals surface area contributed by atoms with Gasteiger partial charge < -0.3 is 9.84 Å². The van der Waals surface area contributed by atoms with Crippen LogP contribution in [0.1, 0.15) is 43.7 Å². The lowest BCUT2D eigenvalue weighted by atomic mass is 10.0. The van der Waals surface area contributed by atoms with Crippen LogP contribution < -0.4 is 4.74 Å². The molecule has 1 N–H and O–H groups in total. The third-order valence-corrected chi connectivity index (χ3v) is 3.04. The fourth-order valence-electron chi connectivity index (χ4n) is 1.67. The molecule has 0 atom stereocenters. The zero-order valence-corrected chi connectivity index (χ0v) is 11.8. The van der Waals surface area contributed by atoms with E-state index in [9.17, 15) is 4.79 Å². The second-order valence-corrected chi connectivity index (χ2v) is 5.05. The first-order chi connectivity index (χ1) is 8.41. The number of carbonyl (C=O) groups is 1. The van der Waals surface area contributed by atoms with Crippen molar-refractivity contribution in [1.82, 2.24) is 0 Å². The van der Waals surface area contributed by atoms with E-state index in [1.54, 1.807) is 0 Å². The smallest absolute Gasteiger partial charge is 0.303 e. The Labute approximate surface area is 113 Å². The maximum Gasteiger partial charge on any atom is 0.303 e. The maximum absolute atomic E-state index is 10.4. The average Bonchev–Trinajstić information content (AvgIpc) is 2.25. The zero-order chi connectivity index (χ0) is 13.7. The molecule has 1 rings (SSSR count). The lowest BCUT2D eigenvalue weighted by Crippen LogP contribution is -2.03. The van der Waals surface area contributed by atoms with E-state index in [2.05, 4.69) is 13.8 Å². The van der Waals surface area contributed by atoms with Crippen LogP contribution in [0.25, 0.3) is 0 Å². The van der Waals surface area contributed by atoms with Crippen molar-refractivity contribution in [2.75, 3.05) is 6.61 Å². The number of benzene rings is 1. The number of aliphatic carboxylic acids is 1. The van der Waals surface area contributed by atoms with Gasteiger partial charge in [-0.2, -0.15) is 0 Å². The molecule has 0 unspecified atom stereocenters. The van der Waals surface area contributed by atoms with E-state index in [-0.39, 0.29) is 6.42 Å². The van der Waals surface area contributed by atoms with Crippen molar-refractivity contribution in [2.24, 2.45) is 0 Å². The van der Waals surface area contributed by atoms with E-state index in [0.29, 0.717) is 18.9 Å². The van der Waals surface area contributed by atoms with Gasteiger partial charge in [0.25, 0.3) is 0 Å². The molecule has 0 radical (unpaired) electrons. The van der Waals surface area contributed by atoms with Crippen molar-refractivity contribution >= 4 is 17.6 Å². The molecule has 0 saturated heterocycles. The molecular formula is C14H19ClO3. The monoisotopic (exact) mass is 270 g/mol. The Morgan fingerprint density at radius 3 is 2.67 bits per heavy atom. The van der Waals surface area contributed by atoms with Crippen molar-refractivity contribution in [2.45, 2.75) is 39.5 Å². The second kappa shape index (κ2) is 6.64. The number of hydrogen-bond acceptors (Lipinski definition) is 2. The Bertz CT molecular complexity index is 427. The van der Waals surface area contributed by atoms with Gasteiger partial charge in [-0.3, -0.25) is 4.79 Å². The summed E-state index contributed by atoms with van der Waals surface area (Å²) in [6, 6.07) is 3.84. The van der Waals surface area contributed by atoms with Crippen molar-refractivity contribution < 1.29 is 14.6 Å². The Kier molecular flexibility index (Phi) is 5.48. The van der Waals surface area contributed by atoms with Crippen LogP contribution in [0.3, 0.4) is 0 Å². The second-order valence-electron chi connectivity index (χ2n) is 4.64. The topological polar surface area (TPSA) is 46.5 Å². The van der Waals surface area contributed by atoms with E-state index in [1.807, 2.05) is 19.1 Å². The molecule has 18 heavy (non-hydrogen) atoms. The normalized spacial score (nSPS) is 10.7. The minimum atomic E-state index is -0.797. The summed E-state index contributed by atoms with van der Waals surface area (Å²) in [6.45, 7) is 6.49. The molecule has 0 aliphatic carbocycles. The Morgan fingerprint density at radius 2 is 2.11 bits per heavy atom. The molecule has 0 fully saturated rings. The standard InChI is InChI=1S/C14H19ClO3/c1-9(2)11-8-13(10(3)7-12(11)15)18-6-4-5-14(16)17/h7-9H,4-6H2,1-3H3,(H,16,17). The summed E-state index contributed by atoms with van der Waals surface area (Å²) in [4.78, 5) is 10.4. The summed E-state index contributed by atoms with van der Waals surface area (Å²) in [5.74, 6) is 0.322. The molecule has 0 amide bonds.